The lowest BCUT2D eigenvalue weighted by Gasteiger charge is -2.34. The van der Waals surface area contributed by atoms with Crippen molar-refractivity contribution < 1.29 is 48.8 Å². The van der Waals surface area contributed by atoms with Gasteiger partial charge < -0.3 is 30.4 Å². The zero-order valence-electron chi connectivity index (χ0n) is 26.2. The smallest absolute Gasteiger partial charge is 0.339 e. The highest BCUT2D eigenvalue weighted by Crippen LogP contribution is 2.34. The molecule has 16 heteroatoms. The first-order valence-electron chi connectivity index (χ1n) is 15.0. The Kier molecular flexibility index (Phi) is 15.6. The minimum atomic E-state index is -4.43. The Balaban J connectivity index is 2.20. The molecule has 254 valence electrons. The summed E-state index contributed by atoms with van der Waals surface area (Å²) >= 11 is 0. The average Bonchev–Trinajstić information content (AvgIpc) is 2.92. The van der Waals surface area contributed by atoms with E-state index in [0.717, 1.165) is 17.5 Å². The maximum absolute atomic E-state index is 13.1. The van der Waals surface area contributed by atoms with E-state index in [2.05, 4.69) is 19.2 Å². The van der Waals surface area contributed by atoms with E-state index in [9.17, 15) is 48.8 Å². The second-order valence-electron chi connectivity index (χ2n) is 12.0. The normalized spacial score (nSPS) is 18.4. The van der Waals surface area contributed by atoms with Gasteiger partial charge in [-0.3, -0.25) is 38.5 Å². The van der Waals surface area contributed by atoms with E-state index < -0.39 is 49.7 Å². The van der Waals surface area contributed by atoms with E-state index in [1.54, 1.807) is 21.6 Å². The predicted octanol–water partition coefficient (Wildman–Crippen LogP) is 0.0840. The highest BCUT2D eigenvalue weighted by atomic mass is 31.2. The van der Waals surface area contributed by atoms with Gasteiger partial charge >= 0.3 is 25.5 Å². The number of rotatable bonds is 14. The van der Waals surface area contributed by atoms with Gasteiger partial charge in [0.25, 0.3) is 0 Å². The Labute approximate surface area is 263 Å². The third-order valence-corrected chi connectivity index (χ3v) is 8.37. The summed E-state index contributed by atoms with van der Waals surface area (Å²) in [5.74, 6) is -4.02. The molecule has 2 atom stereocenters. The Morgan fingerprint density at radius 1 is 0.756 bits per heavy atom. The van der Waals surface area contributed by atoms with Gasteiger partial charge in [0.1, 0.15) is 12.3 Å². The lowest BCUT2D eigenvalue weighted by Crippen LogP contribution is -2.53. The van der Waals surface area contributed by atoms with Crippen molar-refractivity contribution in [3.05, 3.63) is 35.4 Å². The van der Waals surface area contributed by atoms with Gasteiger partial charge in [0, 0.05) is 58.9 Å². The Morgan fingerprint density at radius 3 is 1.60 bits per heavy atom. The molecule has 1 aromatic carbocycles. The van der Waals surface area contributed by atoms with Crippen LogP contribution in [0.2, 0.25) is 0 Å². The maximum Gasteiger partial charge on any atom is 0.339 e. The van der Waals surface area contributed by atoms with Gasteiger partial charge in [0.15, 0.2) is 0 Å². The minimum absolute atomic E-state index is 0.104. The first-order valence-corrected chi connectivity index (χ1v) is 16.8. The number of hydrogen-bond acceptors (Lipinski definition) is 9. The zero-order chi connectivity index (χ0) is 33.7. The summed E-state index contributed by atoms with van der Waals surface area (Å²) in [4.78, 5) is 73.9. The molecular weight excluding hydrogens is 609 g/mol. The van der Waals surface area contributed by atoms with Crippen LogP contribution in [-0.2, 0) is 30.2 Å². The van der Waals surface area contributed by atoms with Gasteiger partial charge in [-0.15, -0.1) is 0 Å². The first-order chi connectivity index (χ1) is 21.0. The summed E-state index contributed by atoms with van der Waals surface area (Å²) in [5.41, 5.74) is 1.89. The van der Waals surface area contributed by atoms with Crippen molar-refractivity contribution in [1.82, 2.24) is 24.9 Å². The number of amides is 1. The molecule has 0 aliphatic carbocycles. The monoisotopic (exact) mass is 657 g/mol. The van der Waals surface area contributed by atoms with Crippen LogP contribution in [0.1, 0.15) is 37.8 Å². The van der Waals surface area contributed by atoms with Crippen LogP contribution in [0, 0.1) is 5.92 Å². The summed E-state index contributed by atoms with van der Waals surface area (Å²) in [6, 6.07) is 6.36. The SMILES string of the molecule is CC(C)Cc1ccc(C(C)C(=O)NC(CN2CCN(CC(=O)O)CCN(CP(=O)(O)O)CCN(CC(=O)O)CC2)C(=O)O)cc1. The Hall–Kier alpha value is -2.91. The van der Waals surface area contributed by atoms with Crippen molar-refractivity contribution in [1.29, 1.82) is 0 Å². The van der Waals surface area contributed by atoms with Gasteiger partial charge in [-0.1, -0.05) is 38.1 Å². The van der Waals surface area contributed by atoms with Crippen molar-refractivity contribution in [3.63, 3.8) is 0 Å². The van der Waals surface area contributed by atoms with Crippen molar-refractivity contribution in [3.8, 4) is 0 Å². The standard InChI is InChI=1S/C29H48N5O10P/c1-21(2)16-23-4-6-24(7-5-23)22(3)28(39)30-25(29(40)41)17-31-8-10-32(18-26(35)36)12-14-34(20-45(42,43)44)15-13-33(11-9-31)19-27(37)38/h4-7,21-22,25H,8-20H2,1-3H3,(H,30,39)(H,35,36)(H,37,38)(H,40,41)(H2,42,43,44). The molecule has 1 aliphatic heterocycles. The van der Waals surface area contributed by atoms with Crippen molar-refractivity contribution in [2.45, 2.75) is 39.2 Å². The number of carbonyl (C=O) groups excluding carboxylic acids is 1. The summed E-state index contributed by atoms with van der Waals surface area (Å²) < 4.78 is 11.7. The van der Waals surface area contributed by atoms with Crippen LogP contribution in [-0.4, -0.2) is 153 Å². The van der Waals surface area contributed by atoms with E-state index in [1.807, 2.05) is 24.3 Å². The number of nitrogens with one attached hydrogen (secondary N) is 1. The quantitative estimate of drug-likeness (QED) is 0.146. The van der Waals surface area contributed by atoms with Crippen LogP contribution in [0.5, 0.6) is 0 Å². The fraction of sp³-hybridized carbons (Fsp3) is 0.655. The average molecular weight is 658 g/mol. The Bertz CT molecular complexity index is 1150. The molecule has 1 heterocycles. The van der Waals surface area contributed by atoms with Crippen molar-refractivity contribution in [2.24, 2.45) is 5.92 Å². The molecule has 1 aromatic rings. The van der Waals surface area contributed by atoms with E-state index in [4.69, 9.17) is 0 Å². The lowest BCUT2D eigenvalue weighted by molar-refractivity contribution is -0.142. The number of carbonyl (C=O) groups is 4. The molecule has 1 saturated heterocycles. The number of aliphatic carboxylic acids is 3. The highest BCUT2D eigenvalue weighted by molar-refractivity contribution is 7.51. The van der Waals surface area contributed by atoms with Crippen molar-refractivity contribution in [2.75, 3.05) is 78.3 Å². The van der Waals surface area contributed by atoms with Crippen LogP contribution < -0.4 is 5.32 Å². The van der Waals surface area contributed by atoms with Gasteiger partial charge in [-0.2, -0.15) is 0 Å². The summed E-state index contributed by atoms with van der Waals surface area (Å²) in [5, 5.41) is 31.5. The molecule has 2 rings (SSSR count). The maximum atomic E-state index is 13.1. The van der Waals surface area contributed by atoms with Crippen LogP contribution in [0.15, 0.2) is 24.3 Å². The first kappa shape index (κ1) is 38.3. The van der Waals surface area contributed by atoms with Crippen LogP contribution >= 0.6 is 7.60 Å². The molecule has 2 unspecified atom stereocenters. The van der Waals surface area contributed by atoms with Gasteiger partial charge in [-0.25, -0.2) is 4.79 Å². The highest BCUT2D eigenvalue weighted by Gasteiger charge is 2.28. The molecule has 1 aliphatic rings. The second kappa shape index (κ2) is 18.3. The number of carboxylic acid groups (broad SMARTS) is 3. The minimum Gasteiger partial charge on any atom is -0.480 e. The van der Waals surface area contributed by atoms with E-state index in [0.29, 0.717) is 5.92 Å². The molecule has 0 saturated carbocycles. The predicted molar refractivity (Wildman–Crippen MR) is 166 cm³/mol. The second-order valence-corrected chi connectivity index (χ2v) is 13.6. The van der Waals surface area contributed by atoms with Gasteiger partial charge in [0.05, 0.1) is 19.0 Å². The van der Waals surface area contributed by atoms with E-state index in [-0.39, 0.29) is 72.0 Å². The molecule has 45 heavy (non-hydrogen) atoms. The third-order valence-electron chi connectivity index (χ3n) is 7.60. The van der Waals surface area contributed by atoms with Crippen LogP contribution in [0.25, 0.3) is 0 Å². The molecule has 0 bridgehead atoms. The molecule has 15 nitrogen and oxygen atoms in total. The zero-order valence-corrected chi connectivity index (χ0v) is 27.1. The summed E-state index contributed by atoms with van der Waals surface area (Å²) in [7, 11) is -4.43. The fourth-order valence-electron chi connectivity index (χ4n) is 5.17. The number of benzene rings is 1. The molecule has 1 amide bonds. The lowest BCUT2D eigenvalue weighted by atomic mass is 9.96. The molecule has 0 aromatic heterocycles. The number of nitrogens with zero attached hydrogens (tertiary/aromatic N) is 4. The van der Waals surface area contributed by atoms with Gasteiger partial charge in [0.2, 0.25) is 5.91 Å². The molecule has 6 N–H and O–H groups in total. The van der Waals surface area contributed by atoms with Crippen LogP contribution in [0.3, 0.4) is 0 Å². The fourth-order valence-corrected chi connectivity index (χ4v) is 5.97. The topological polar surface area (TPSA) is 211 Å². The Morgan fingerprint density at radius 2 is 1.20 bits per heavy atom. The van der Waals surface area contributed by atoms with Crippen molar-refractivity contribution >= 4 is 31.4 Å². The molecule has 0 radical (unpaired) electrons. The summed E-state index contributed by atoms with van der Waals surface area (Å²) in [6.07, 6.45) is 0.346. The van der Waals surface area contributed by atoms with E-state index in [1.165, 1.54) is 4.90 Å². The number of hydrogen-bond donors (Lipinski definition) is 6. The molecule has 1 fully saturated rings. The van der Waals surface area contributed by atoms with E-state index >= 15 is 0 Å². The third kappa shape index (κ3) is 15.3. The van der Waals surface area contributed by atoms with Gasteiger partial charge in [-0.05, 0) is 30.4 Å². The largest absolute Gasteiger partial charge is 0.480 e. The number of carboxylic acids is 3. The molecule has 0 spiro atoms. The summed E-state index contributed by atoms with van der Waals surface area (Å²) in [6.45, 7) is 6.52. The molecular formula is C29H48N5O10P. The van der Waals surface area contributed by atoms with Crippen LogP contribution in [0.4, 0.5) is 0 Å².